The minimum absolute atomic E-state index is 0.0324. The minimum atomic E-state index is -0.448. The Hall–Kier alpha value is -1.85. The van der Waals surface area contributed by atoms with E-state index in [0.29, 0.717) is 19.7 Å². The van der Waals surface area contributed by atoms with Gasteiger partial charge in [0.25, 0.3) is 0 Å². The summed E-state index contributed by atoms with van der Waals surface area (Å²) < 4.78 is 10.7. The molecule has 0 atom stereocenters. The van der Waals surface area contributed by atoms with Crippen molar-refractivity contribution in [2.45, 2.75) is 13.5 Å². The van der Waals surface area contributed by atoms with E-state index < -0.39 is 5.91 Å². The van der Waals surface area contributed by atoms with Crippen LogP contribution >= 0.6 is 0 Å². The Morgan fingerprint density at radius 3 is 3.00 bits per heavy atom. The summed E-state index contributed by atoms with van der Waals surface area (Å²) in [5.74, 6) is 0.475. The molecule has 0 radical (unpaired) electrons. The van der Waals surface area contributed by atoms with E-state index in [4.69, 9.17) is 14.9 Å². The van der Waals surface area contributed by atoms with Crippen LogP contribution in [0.3, 0.4) is 0 Å². The minimum Gasteiger partial charge on any atom is -0.461 e. The lowest BCUT2D eigenvalue weighted by Gasteiger charge is -2.04. The van der Waals surface area contributed by atoms with Gasteiger partial charge in [-0.25, -0.2) is 0 Å². The summed E-state index contributed by atoms with van der Waals surface area (Å²) in [5.41, 5.74) is 7.03. The van der Waals surface area contributed by atoms with E-state index in [1.54, 1.807) is 0 Å². The van der Waals surface area contributed by atoms with Crippen LogP contribution in [0.4, 0.5) is 0 Å². The van der Waals surface area contributed by atoms with Crippen LogP contribution in [0.1, 0.15) is 11.3 Å². The topological polar surface area (TPSA) is 77.5 Å². The molecule has 19 heavy (non-hydrogen) atoms. The smallest absolute Gasteiger partial charge is 0.243 e. The molecular formula is C14H18N2O3. The zero-order valence-electron chi connectivity index (χ0n) is 10.9. The third-order valence-corrected chi connectivity index (χ3v) is 2.87. The highest BCUT2D eigenvalue weighted by molar-refractivity contribution is 5.82. The number of carbonyl (C=O) groups is 1. The maximum atomic E-state index is 10.5. The number of rotatable bonds is 7. The summed E-state index contributed by atoms with van der Waals surface area (Å²) in [6, 6.07) is 7.96. The van der Waals surface area contributed by atoms with Crippen molar-refractivity contribution in [3.63, 3.8) is 0 Å². The second-order valence-electron chi connectivity index (χ2n) is 4.33. The van der Waals surface area contributed by atoms with Gasteiger partial charge in [0, 0.05) is 24.0 Å². The van der Waals surface area contributed by atoms with Gasteiger partial charge in [-0.15, -0.1) is 0 Å². The number of aryl methyl sites for hydroxylation is 1. The van der Waals surface area contributed by atoms with Crippen LogP contribution in [-0.4, -0.2) is 25.7 Å². The maximum absolute atomic E-state index is 10.5. The zero-order valence-corrected chi connectivity index (χ0v) is 10.9. The van der Waals surface area contributed by atoms with Crippen LogP contribution in [0, 0.1) is 6.92 Å². The first-order chi connectivity index (χ1) is 9.18. The summed E-state index contributed by atoms with van der Waals surface area (Å²) in [5, 5.41) is 4.39. The number of carbonyl (C=O) groups excluding carboxylic acids is 1. The average molecular weight is 262 g/mol. The first-order valence-electron chi connectivity index (χ1n) is 6.22. The van der Waals surface area contributed by atoms with Crippen LogP contribution in [-0.2, 0) is 16.1 Å². The fraction of sp³-hybridized carbons (Fsp3) is 0.357. The van der Waals surface area contributed by atoms with E-state index in [1.165, 1.54) is 0 Å². The number of nitrogens with two attached hydrogens (primary N) is 1. The Bertz CT molecular complexity index is 563. The Morgan fingerprint density at radius 1 is 1.42 bits per heavy atom. The molecule has 102 valence electrons. The summed E-state index contributed by atoms with van der Waals surface area (Å²) in [4.78, 5) is 10.5. The Balaban J connectivity index is 1.84. The van der Waals surface area contributed by atoms with E-state index >= 15 is 0 Å². The van der Waals surface area contributed by atoms with Crippen molar-refractivity contribution in [1.29, 1.82) is 0 Å². The molecule has 0 saturated heterocycles. The number of benzene rings is 1. The van der Waals surface area contributed by atoms with Gasteiger partial charge in [0.1, 0.15) is 18.0 Å². The highest BCUT2D eigenvalue weighted by Crippen LogP contribution is 2.24. The van der Waals surface area contributed by atoms with Crippen molar-refractivity contribution in [3.05, 3.63) is 35.6 Å². The maximum Gasteiger partial charge on any atom is 0.243 e. The fourth-order valence-electron chi connectivity index (χ4n) is 1.97. The molecule has 1 aromatic carbocycles. The summed E-state index contributed by atoms with van der Waals surface area (Å²) in [7, 11) is 0. The lowest BCUT2D eigenvalue weighted by Crippen LogP contribution is -2.23. The van der Waals surface area contributed by atoms with Gasteiger partial charge in [0.2, 0.25) is 5.91 Å². The third kappa shape index (κ3) is 3.56. The summed E-state index contributed by atoms with van der Waals surface area (Å²) in [6.07, 6.45) is 0. The monoisotopic (exact) mass is 262 g/mol. The molecule has 1 amide bonds. The molecule has 5 heteroatoms. The SMILES string of the molecule is Cc1oc2ccccc2c1CNCCOCC(N)=O. The third-order valence-electron chi connectivity index (χ3n) is 2.87. The molecule has 0 unspecified atom stereocenters. The lowest BCUT2D eigenvalue weighted by molar-refractivity contribution is -0.122. The average Bonchev–Trinajstić information content (AvgIpc) is 2.69. The van der Waals surface area contributed by atoms with E-state index in [0.717, 1.165) is 22.3 Å². The number of amides is 1. The number of furan rings is 1. The summed E-state index contributed by atoms with van der Waals surface area (Å²) in [6.45, 7) is 3.75. The number of nitrogens with one attached hydrogen (secondary N) is 1. The highest BCUT2D eigenvalue weighted by atomic mass is 16.5. The van der Waals surface area contributed by atoms with Gasteiger partial charge in [-0.2, -0.15) is 0 Å². The molecule has 2 aromatic rings. The van der Waals surface area contributed by atoms with E-state index in [-0.39, 0.29) is 6.61 Å². The van der Waals surface area contributed by atoms with Crippen LogP contribution in [0.25, 0.3) is 11.0 Å². The van der Waals surface area contributed by atoms with Crippen molar-refractivity contribution >= 4 is 16.9 Å². The van der Waals surface area contributed by atoms with E-state index in [1.807, 2.05) is 31.2 Å². The van der Waals surface area contributed by atoms with Crippen molar-refractivity contribution in [1.82, 2.24) is 5.32 Å². The molecule has 0 aliphatic rings. The van der Waals surface area contributed by atoms with Gasteiger partial charge in [-0.05, 0) is 13.0 Å². The highest BCUT2D eigenvalue weighted by Gasteiger charge is 2.09. The molecule has 1 aromatic heterocycles. The Kier molecular flexibility index (Phi) is 4.54. The predicted molar refractivity (Wildman–Crippen MR) is 72.7 cm³/mol. The van der Waals surface area contributed by atoms with Gasteiger partial charge in [-0.3, -0.25) is 4.79 Å². The van der Waals surface area contributed by atoms with Gasteiger partial charge < -0.3 is 20.2 Å². The van der Waals surface area contributed by atoms with Crippen molar-refractivity contribution in [3.8, 4) is 0 Å². The number of hydrogen-bond donors (Lipinski definition) is 2. The zero-order chi connectivity index (χ0) is 13.7. The molecule has 0 aliphatic carbocycles. The second kappa shape index (κ2) is 6.36. The lowest BCUT2D eigenvalue weighted by atomic mass is 10.1. The fourth-order valence-corrected chi connectivity index (χ4v) is 1.97. The van der Waals surface area contributed by atoms with Crippen molar-refractivity contribution < 1.29 is 13.9 Å². The molecule has 0 bridgehead atoms. The van der Waals surface area contributed by atoms with Gasteiger partial charge in [0.15, 0.2) is 0 Å². The van der Waals surface area contributed by atoms with Crippen molar-refractivity contribution in [2.24, 2.45) is 5.73 Å². The molecule has 5 nitrogen and oxygen atoms in total. The van der Waals surface area contributed by atoms with Crippen LogP contribution < -0.4 is 11.1 Å². The molecule has 2 rings (SSSR count). The first kappa shape index (κ1) is 13.6. The van der Waals surface area contributed by atoms with E-state index in [2.05, 4.69) is 5.32 Å². The molecule has 3 N–H and O–H groups in total. The Morgan fingerprint density at radius 2 is 2.21 bits per heavy atom. The molecule has 0 fully saturated rings. The molecule has 0 saturated carbocycles. The van der Waals surface area contributed by atoms with Crippen molar-refractivity contribution in [2.75, 3.05) is 19.8 Å². The van der Waals surface area contributed by atoms with Crippen LogP contribution in [0.15, 0.2) is 28.7 Å². The molecular weight excluding hydrogens is 244 g/mol. The molecule has 1 heterocycles. The summed E-state index contributed by atoms with van der Waals surface area (Å²) >= 11 is 0. The standard InChI is InChI=1S/C14H18N2O3/c1-10-12(8-16-6-7-18-9-14(15)17)11-4-2-3-5-13(11)19-10/h2-5,16H,6-9H2,1H3,(H2,15,17). The number of para-hydroxylation sites is 1. The quantitative estimate of drug-likeness (QED) is 0.738. The normalized spacial score (nSPS) is 11.0. The number of hydrogen-bond acceptors (Lipinski definition) is 4. The van der Waals surface area contributed by atoms with Gasteiger partial charge >= 0.3 is 0 Å². The Labute approximate surface area is 111 Å². The van der Waals surface area contributed by atoms with E-state index in [9.17, 15) is 4.79 Å². The number of ether oxygens (including phenoxy) is 1. The molecule has 0 aliphatic heterocycles. The van der Waals surface area contributed by atoms with Gasteiger partial charge in [-0.1, -0.05) is 18.2 Å². The number of primary amides is 1. The van der Waals surface area contributed by atoms with Gasteiger partial charge in [0.05, 0.1) is 6.61 Å². The first-order valence-corrected chi connectivity index (χ1v) is 6.22. The largest absolute Gasteiger partial charge is 0.461 e. The number of fused-ring (bicyclic) bond motifs is 1. The molecule has 0 spiro atoms. The van der Waals surface area contributed by atoms with Crippen LogP contribution in [0.2, 0.25) is 0 Å². The van der Waals surface area contributed by atoms with Crippen LogP contribution in [0.5, 0.6) is 0 Å². The second-order valence-corrected chi connectivity index (χ2v) is 4.33. The predicted octanol–water partition coefficient (Wildman–Crippen LogP) is 1.33.